The monoisotopic (exact) mass is 392 g/mol. The van der Waals surface area contributed by atoms with Crippen molar-refractivity contribution in [1.82, 2.24) is 24.5 Å². The number of anilines is 1. The third-order valence-electron chi connectivity index (χ3n) is 4.97. The Bertz CT molecular complexity index is 982. The van der Waals surface area contributed by atoms with E-state index in [-0.39, 0.29) is 11.7 Å². The second-order valence-electron chi connectivity index (χ2n) is 7.11. The van der Waals surface area contributed by atoms with Crippen LogP contribution in [0.2, 0.25) is 0 Å². The molecule has 8 heteroatoms. The number of ether oxygens (including phenoxy) is 1. The highest BCUT2D eigenvalue weighted by Crippen LogP contribution is 2.20. The molecule has 0 N–H and O–H groups in total. The van der Waals surface area contributed by atoms with E-state index in [0.29, 0.717) is 11.4 Å². The van der Waals surface area contributed by atoms with Crippen LogP contribution in [0.5, 0.6) is 5.75 Å². The Balaban J connectivity index is 1.35. The van der Waals surface area contributed by atoms with Crippen LogP contribution in [0.1, 0.15) is 31.7 Å². The van der Waals surface area contributed by atoms with E-state index < -0.39 is 0 Å². The summed E-state index contributed by atoms with van der Waals surface area (Å²) in [5, 5.41) is 0. The number of nitrogens with zero attached hydrogens (tertiary/aromatic N) is 6. The average Bonchev–Trinajstić information content (AvgIpc) is 2.76. The lowest BCUT2D eigenvalue weighted by atomic mass is 10.1. The van der Waals surface area contributed by atoms with Crippen molar-refractivity contribution in [2.75, 3.05) is 18.0 Å². The maximum absolute atomic E-state index is 12.4. The Morgan fingerprint density at radius 2 is 1.83 bits per heavy atom. The van der Waals surface area contributed by atoms with Gasteiger partial charge in [0.2, 0.25) is 5.95 Å². The quantitative estimate of drug-likeness (QED) is 0.637. The van der Waals surface area contributed by atoms with Gasteiger partial charge >= 0.3 is 0 Å². The summed E-state index contributed by atoms with van der Waals surface area (Å²) in [6, 6.07) is 3.31. The van der Waals surface area contributed by atoms with E-state index >= 15 is 0 Å². The summed E-state index contributed by atoms with van der Waals surface area (Å²) in [6.07, 6.45) is 14.0. The van der Waals surface area contributed by atoms with Crippen molar-refractivity contribution in [2.24, 2.45) is 0 Å². The predicted octanol–water partition coefficient (Wildman–Crippen LogP) is 2.42. The van der Waals surface area contributed by atoms with Crippen LogP contribution in [0, 0.1) is 0 Å². The molecule has 0 unspecified atom stereocenters. The van der Waals surface area contributed by atoms with E-state index in [2.05, 4.69) is 31.8 Å². The van der Waals surface area contributed by atoms with Crippen LogP contribution in [0.3, 0.4) is 0 Å². The number of rotatable bonds is 6. The molecular weight excluding hydrogens is 368 g/mol. The van der Waals surface area contributed by atoms with Gasteiger partial charge in [-0.05, 0) is 18.1 Å². The van der Waals surface area contributed by atoms with Crippen molar-refractivity contribution < 1.29 is 4.74 Å². The Morgan fingerprint density at radius 1 is 1.10 bits per heavy atom. The molecule has 0 aliphatic carbocycles. The summed E-state index contributed by atoms with van der Waals surface area (Å²) >= 11 is 0. The van der Waals surface area contributed by atoms with E-state index in [0.717, 1.165) is 44.7 Å². The lowest BCUT2D eigenvalue weighted by Crippen LogP contribution is -2.39. The Hall–Kier alpha value is -3.29. The molecule has 8 nitrogen and oxygen atoms in total. The normalized spacial score (nSPS) is 14.7. The maximum atomic E-state index is 12.4. The molecule has 4 rings (SSSR count). The summed E-state index contributed by atoms with van der Waals surface area (Å²) in [7, 11) is 0. The minimum absolute atomic E-state index is 0.0703. The molecule has 1 aliphatic heterocycles. The fraction of sp³-hybridized carbons (Fsp3) is 0.381. The van der Waals surface area contributed by atoms with Crippen molar-refractivity contribution in [3.05, 3.63) is 65.4 Å². The van der Waals surface area contributed by atoms with Gasteiger partial charge in [0.1, 0.15) is 18.2 Å². The third-order valence-corrected chi connectivity index (χ3v) is 4.97. The molecule has 29 heavy (non-hydrogen) atoms. The number of hydrogen-bond donors (Lipinski definition) is 0. The van der Waals surface area contributed by atoms with Gasteiger partial charge in [-0.2, -0.15) is 0 Å². The number of piperidine rings is 1. The van der Waals surface area contributed by atoms with Gasteiger partial charge in [-0.3, -0.25) is 9.36 Å². The van der Waals surface area contributed by atoms with Gasteiger partial charge in [0.05, 0.1) is 18.1 Å². The molecule has 0 radical (unpaired) electrons. The number of pyridine rings is 1. The first kappa shape index (κ1) is 19.0. The lowest BCUT2D eigenvalue weighted by molar-refractivity contribution is 0.170. The highest BCUT2D eigenvalue weighted by atomic mass is 16.5. The summed E-state index contributed by atoms with van der Waals surface area (Å²) in [6.45, 7) is 3.81. The van der Waals surface area contributed by atoms with Crippen LogP contribution >= 0.6 is 0 Å². The van der Waals surface area contributed by atoms with Crippen LogP contribution in [-0.4, -0.2) is 43.7 Å². The van der Waals surface area contributed by atoms with Crippen molar-refractivity contribution in [2.45, 2.75) is 38.7 Å². The zero-order valence-corrected chi connectivity index (χ0v) is 16.4. The molecule has 0 bridgehead atoms. The predicted molar refractivity (Wildman–Crippen MR) is 110 cm³/mol. The lowest BCUT2D eigenvalue weighted by Gasteiger charge is -2.32. The van der Waals surface area contributed by atoms with Crippen LogP contribution in [0.15, 0.2) is 54.2 Å². The van der Waals surface area contributed by atoms with Crippen molar-refractivity contribution >= 4 is 5.95 Å². The SMILES string of the molecule is CCCc1cnc(N2CCC(Oc3ccn(-c4cncnc4)c(=O)c3)CC2)nc1. The topological polar surface area (TPSA) is 86.0 Å². The number of hydrogen-bond acceptors (Lipinski definition) is 7. The number of aryl methyl sites for hydroxylation is 1. The van der Waals surface area contributed by atoms with Crippen molar-refractivity contribution in [1.29, 1.82) is 0 Å². The first-order valence-corrected chi connectivity index (χ1v) is 9.93. The standard InChI is InChI=1S/C21H24N6O2/c1-2-3-16-11-24-21(25-12-16)26-7-4-18(5-8-26)29-19-6-9-27(20(28)10-19)17-13-22-15-23-14-17/h6,9-15,18H,2-5,7-8H2,1H3. The Kier molecular flexibility index (Phi) is 5.79. The van der Waals surface area contributed by atoms with Crippen LogP contribution < -0.4 is 15.2 Å². The van der Waals surface area contributed by atoms with Gasteiger partial charge in [0.15, 0.2) is 0 Å². The largest absolute Gasteiger partial charge is 0.490 e. The molecule has 1 aliphatic rings. The van der Waals surface area contributed by atoms with Gasteiger partial charge in [-0.1, -0.05) is 13.3 Å². The van der Waals surface area contributed by atoms with Crippen LogP contribution in [0.25, 0.3) is 5.69 Å². The van der Waals surface area contributed by atoms with E-state index in [1.807, 2.05) is 12.4 Å². The summed E-state index contributed by atoms with van der Waals surface area (Å²) in [5.74, 6) is 1.36. The van der Waals surface area contributed by atoms with E-state index in [9.17, 15) is 4.79 Å². The molecular formula is C21H24N6O2. The van der Waals surface area contributed by atoms with Crippen molar-refractivity contribution in [3.8, 4) is 11.4 Å². The van der Waals surface area contributed by atoms with E-state index in [4.69, 9.17) is 4.74 Å². The minimum Gasteiger partial charge on any atom is -0.490 e. The first-order valence-electron chi connectivity index (χ1n) is 9.93. The van der Waals surface area contributed by atoms with E-state index in [1.165, 1.54) is 22.5 Å². The van der Waals surface area contributed by atoms with Crippen LogP contribution in [-0.2, 0) is 6.42 Å². The molecule has 3 aromatic heterocycles. The third kappa shape index (κ3) is 4.59. The summed E-state index contributed by atoms with van der Waals surface area (Å²) < 4.78 is 7.55. The highest BCUT2D eigenvalue weighted by Gasteiger charge is 2.22. The second kappa shape index (κ2) is 8.81. The average molecular weight is 392 g/mol. The van der Waals surface area contributed by atoms with Gasteiger partial charge in [-0.25, -0.2) is 19.9 Å². The molecule has 0 aromatic carbocycles. The molecule has 0 amide bonds. The van der Waals surface area contributed by atoms with Crippen molar-refractivity contribution in [3.63, 3.8) is 0 Å². The van der Waals surface area contributed by atoms with Gasteiger partial charge in [-0.15, -0.1) is 0 Å². The highest BCUT2D eigenvalue weighted by molar-refractivity contribution is 5.31. The molecule has 0 atom stereocenters. The van der Waals surface area contributed by atoms with Gasteiger partial charge < -0.3 is 9.64 Å². The minimum atomic E-state index is -0.171. The maximum Gasteiger partial charge on any atom is 0.258 e. The fourth-order valence-electron chi connectivity index (χ4n) is 3.46. The van der Waals surface area contributed by atoms with Crippen LogP contribution in [0.4, 0.5) is 5.95 Å². The molecule has 3 aromatic rings. The Morgan fingerprint density at radius 3 is 2.48 bits per heavy atom. The molecule has 0 spiro atoms. The molecule has 4 heterocycles. The fourth-order valence-corrected chi connectivity index (χ4v) is 3.46. The molecule has 1 fully saturated rings. The molecule has 1 saturated heterocycles. The molecule has 0 saturated carbocycles. The molecule has 150 valence electrons. The summed E-state index contributed by atoms with van der Waals surface area (Å²) in [4.78, 5) is 31.5. The smallest absolute Gasteiger partial charge is 0.258 e. The van der Waals surface area contributed by atoms with E-state index in [1.54, 1.807) is 24.7 Å². The second-order valence-corrected chi connectivity index (χ2v) is 7.11. The first-order chi connectivity index (χ1) is 14.2. The Labute approximate surface area is 169 Å². The summed E-state index contributed by atoms with van der Waals surface area (Å²) in [5.41, 5.74) is 1.63. The van der Waals surface area contributed by atoms with Gasteiger partial charge in [0, 0.05) is 50.6 Å². The van der Waals surface area contributed by atoms with Gasteiger partial charge in [0.25, 0.3) is 5.56 Å². The number of aromatic nitrogens is 5. The zero-order valence-electron chi connectivity index (χ0n) is 16.4. The zero-order chi connectivity index (χ0) is 20.1.